The molecule has 0 spiro atoms. The van der Waals surface area contributed by atoms with E-state index in [1.54, 1.807) is 25.1 Å². The average molecular weight is 315 g/mol. The fourth-order valence-corrected chi connectivity index (χ4v) is 3.32. The molecule has 22 heavy (non-hydrogen) atoms. The molecule has 0 saturated heterocycles. The molecule has 0 radical (unpaired) electrons. The molecule has 1 aromatic heterocycles. The standard InChI is InChI=1S/C17H21N3OS/c1-21-17(8-5-9-17)13-19-15-10-18-11-16(20-15)22-12-14-6-3-2-4-7-14/h2-4,6-7,10-11H,5,8-9,12-13H2,1H3,(H,19,20). The van der Waals surface area contributed by atoms with E-state index >= 15 is 0 Å². The van der Waals surface area contributed by atoms with Gasteiger partial charge in [0.2, 0.25) is 0 Å². The maximum absolute atomic E-state index is 5.62. The van der Waals surface area contributed by atoms with Crippen molar-refractivity contribution in [2.24, 2.45) is 0 Å². The molecule has 1 aromatic carbocycles. The van der Waals surface area contributed by atoms with E-state index in [1.165, 1.54) is 12.0 Å². The number of nitrogens with one attached hydrogen (secondary N) is 1. The summed E-state index contributed by atoms with van der Waals surface area (Å²) in [6.07, 6.45) is 7.07. The van der Waals surface area contributed by atoms with E-state index in [2.05, 4.69) is 39.6 Å². The predicted molar refractivity (Wildman–Crippen MR) is 90.1 cm³/mol. The second kappa shape index (κ2) is 7.11. The Balaban J connectivity index is 1.55. The van der Waals surface area contributed by atoms with E-state index in [9.17, 15) is 0 Å². The molecule has 1 heterocycles. The highest BCUT2D eigenvalue weighted by Crippen LogP contribution is 2.35. The average Bonchev–Trinajstić information content (AvgIpc) is 2.54. The quantitative estimate of drug-likeness (QED) is 0.789. The van der Waals surface area contributed by atoms with Gasteiger partial charge in [-0.25, -0.2) is 4.98 Å². The lowest BCUT2D eigenvalue weighted by Crippen LogP contribution is -2.45. The van der Waals surface area contributed by atoms with Crippen molar-refractivity contribution in [3.8, 4) is 0 Å². The van der Waals surface area contributed by atoms with Crippen LogP contribution < -0.4 is 5.32 Å². The number of thioether (sulfide) groups is 1. The van der Waals surface area contributed by atoms with Crippen LogP contribution in [0, 0.1) is 0 Å². The molecule has 5 heteroatoms. The van der Waals surface area contributed by atoms with Gasteiger partial charge in [0.15, 0.2) is 0 Å². The minimum absolute atomic E-state index is 0.00509. The summed E-state index contributed by atoms with van der Waals surface area (Å²) < 4.78 is 5.62. The van der Waals surface area contributed by atoms with Crippen LogP contribution in [0.4, 0.5) is 5.82 Å². The SMILES string of the molecule is COC1(CNc2cncc(SCc3ccccc3)n2)CCC1. The maximum Gasteiger partial charge on any atom is 0.145 e. The third kappa shape index (κ3) is 3.78. The lowest BCUT2D eigenvalue weighted by Gasteiger charge is -2.40. The van der Waals surface area contributed by atoms with Crippen LogP contribution in [-0.4, -0.2) is 29.2 Å². The largest absolute Gasteiger partial charge is 0.376 e. The third-order valence-corrected chi connectivity index (χ3v) is 5.10. The molecule has 1 aliphatic rings. The van der Waals surface area contributed by atoms with Crippen LogP contribution in [0.2, 0.25) is 0 Å². The number of ether oxygens (including phenoxy) is 1. The van der Waals surface area contributed by atoms with Crippen LogP contribution in [0.25, 0.3) is 0 Å². The van der Waals surface area contributed by atoms with Crippen LogP contribution in [0.5, 0.6) is 0 Å². The fraction of sp³-hybridized carbons (Fsp3) is 0.412. The summed E-state index contributed by atoms with van der Waals surface area (Å²) in [4.78, 5) is 8.90. The normalized spacial score (nSPS) is 16.0. The Kier molecular flexibility index (Phi) is 4.95. The number of hydrogen-bond donors (Lipinski definition) is 1. The maximum atomic E-state index is 5.62. The smallest absolute Gasteiger partial charge is 0.145 e. The summed E-state index contributed by atoms with van der Waals surface area (Å²) in [5.74, 6) is 1.72. The Hall–Kier alpha value is -1.59. The fourth-order valence-electron chi connectivity index (χ4n) is 2.51. The Morgan fingerprint density at radius 2 is 2.05 bits per heavy atom. The zero-order valence-electron chi connectivity index (χ0n) is 12.8. The molecule has 0 atom stereocenters. The van der Waals surface area contributed by atoms with E-state index in [1.807, 2.05) is 12.3 Å². The molecule has 0 amide bonds. The van der Waals surface area contributed by atoms with Crippen LogP contribution in [0.3, 0.4) is 0 Å². The lowest BCUT2D eigenvalue weighted by atomic mass is 9.80. The van der Waals surface area contributed by atoms with Crippen LogP contribution in [0.15, 0.2) is 47.8 Å². The first-order valence-corrected chi connectivity index (χ1v) is 8.56. The highest BCUT2D eigenvalue weighted by atomic mass is 32.2. The van der Waals surface area contributed by atoms with Crippen LogP contribution >= 0.6 is 11.8 Å². The Labute approximate surface area is 135 Å². The van der Waals surface area contributed by atoms with E-state index in [4.69, 9.17) is 4.74 Å². The lowest BCUT2D eigenvalue weighted by molar-refractivity contribution is -0.0601. The van der Waals surface area contributed by atoms with E-state index < -0.39 is 0 Å². The summed E-state index contributed by atoms with van der Waals surface area (Å²) >= 11 is 1.70. The van der Waals surface area contributed by atoms with Gasteiger partial charge in [-0.05, 0) is 24.8 Å². The highest BCUT2D eigenvalue weighted by Gasteiger charge is 2.36. The van der Waals surface area contributed by atoms with Gasteiger partial charge in [-0.3, -0.25) is 4.98 Å². The van der Waals surface area contributed by atoms with E-state index in [0.29, 0.717) is 0 Å². The Morgan fingerprint density at radius 3 is 2.73 bits per heavy atom. The first kappa shape index (κ1) is 15.3. The van der Waals surface area contributed by atoms with Crippen LogP contribution in [-0.2, 0) is 10.5 Å². The molecular formula is C17H21N3OS. The molecule has 0 aliphatic heterocycles. The molecule has 116 valence electrons. The van der Waals surface area contributed by atoms with Gasteiger partial charge in [0.25, 0.3) is 0 Å². The molecular weight excluding hydrogens is 294 g/mol. The highest BCUT2D eigenvalue weighted by molar-refractivity contribution is 7.98. The number of benzene rings is 1. The van der Waals surface area contributed by atoms with Crippen molar-refractivity contribution in [1.82, 2.24) is 9.97 Å². The van der Waals surface area contributed by atoms with Gasteiger partial charge >= 0.3 is 0 Å². The molecule has 4 nitrogen and oxygen atoms in total. The zero-order chi connectivity index (χ0) is 15.3. The minimum atomic E-state index is -0.00509. The first-order valence-electron chi connectivity index (χ1n) is 7.57. The Bertz CT molecular complexity index is 596. The van der Waals surface area contributed by atoms with Crippen molar-refractivity contribution >= 4 is 17.6 Å². The van der Waals surface area contributed by atoms with Gasteiger partial charge < -0.3 is 10.1 Å². The number of hydrogen-bond acceptors (Lipinski definition) is 5. The second-order valence-corrected chi connectivity index (χ2v) is 6.61. The molecule has 3 rings (SSSR count). The van der Waals surface area contributed by atoms with Gasteiger partial charge in [0.05, 0.1) is 18.0 Å². The Morgan fingerprint density at radius 1 is 1.23 bits per heavy atom. The first-order chi connectivity index (χ1) is 10.8. The molecule has 2 aromatic rings. The number of rotatable bonds is 7. The minimum Gasteiger partial charge on any atom is -0.376 e. The van der Waals surface area contributed by atoms with E-state index in [-0.39, 0.29) is 5.60 Å². The summed E-state index contributed by atoms with van der Waals surface area (Å²) in [7, 11) is 1.79. The summed E-state index contributed by atoms with van der Waals surface area (Å²) in [6.45, 7) is 0.797. The van der Waals surface area contributed by atoms with Gasteiger partial charge in [-0.2, -0.15) is 0 Å². The van der Waals surface area contributed by atoms with Gasteiger partial charge in [0.1, 0.15) is 10.8 Å². The number of aromatic nitrogens is 2. The number of nitrogens with zero attached hydrogens (tertiary/aromatic N) is 2. The molecule has 1 aliphatic carbocycles. The number of methoxy groups -OCH3 is 1. The molecule has 0 bridgehead atoms. The van der Waals surface area contributed by atoms with Gasteiger partial charge in [-0.1, -0.05) is 30.3 Å². The van der Waals surface area contributed by atoms with Gasteiger partial charge in [-0.15, -0.1) is 11.8 Å². The van der Waals surface area contributed by atoms with Crippen LogP contribution in [0.1, 0.15) is 24.8 Å². The van der Waals surface area contributed by atoms with Crippen molar-refractivity contribution in [2.75, 3.05) is 19.0 Å². The predicted octanol–water partition coefficient (Wildman–Crippen LogP) is 3.75. The van der Waals surface area contributed by atoms with Crippen molar-refractivity contribution in [3.63, 3.8) is 0 Å². The zero-order valence-corrected chi connectivity index (χ0v) is 13.6. The topological polar surface area (TPSA) is 47.0 Å². The van der Waals surface area contributed by atoms with Gasteiger partial charge in [0, 0.05) is 19.4 Å². The van der Waals surface area contributed by atoms with E-state index in [0.717, 1.165) is 36.0 Å². The van der Waals surface area contributed by atoms with Crippen molar-refractivity contribution < 1.29 is 4.74 Å². The number of anilines is 1. The summed E-state index contributed by atoms with van der Waals surface area (Å²) in [5, 5.41) is 4.30. The molecule has 1 fully saturated rings. The summed E-state index contributed by atoms with van der Waals surface area (Å²) in [5.41, 5.74) is 1.29. The monoisotopic (exact) mass is 315 g/mol. The molecule has 1 saturated carbocycles. The van der Waals surface area contributed by atoms with Crippen molar-refractivity contribution in [3.05, 3.63) is 48.3 Å². The third-order valence-electron chi connectivity index (χ3n) is 4.13. The molecule has 0 unspecified atom stereocenters. The van der Waals surface area contributed by atoms with Crippen molar-refractivity contribution in [1.29, 1.82) is 0 Å². The summed E-state index contributed by atoms with van der Waals surface area (Å²) in [6, 6.07) is 10.4. The van der Waals surface area contributed by atoms with Crippen molar-refractivity contribution in [2.45, 2.75) is 35.6 Å². The second-order valence-electron chi connectivity index (χ2n) is 5.61. The molecule has 1 N–H and O–H groups in total.